The number of carbonyl (C=O) groups excluding carboxylic acids is 2. The maximum Gasteiger partial charge on any atom is 0.296 e. The monoisotopic (exact) mass is 523 g/mol. The number of Topliss-reactive ketones (excluding diaryl/α,β-unsaturated/α-hetero) is 1. The van der Waals surface area contributed by atoms with Gasteiger partial charge < -0.3 is 23.9 Å². The molecule has 7 nitrogen and oxygen atoms in total. The summed E-state index contributed by atoms with van der Waals surface area (Å²) in [7, 11) is 0. The Morgan fingerprint density at radius 3 is 2.41 bits per heavy atom. The van der Waals surface area contributed by atoms with Crippen LogP contribution in [0.15, 0.2) is 107 Å². The highest BCUT2D eigenvalue weighted by atomic mass is 16.5. The Labute approximate surface area is 226 Å². The van der Waals surface area contributed by atoms with Crippen molar-refractivity contribution in [1.82, 2.24) is 4.90 Å². The van der Waals surface area contributed by atoms with Gasteiger partial charge in [-0.05, 0) is 53.9 Å². The molecule has 2 heterocycles. The topological polar surface area (TPSA) is 89.2 Å². The smallest absolute Gasteiger partial charge is 0.296 e. The number of hydrogen-bond acceptors (Lipinski definition) is 6. The molecule has 0 aliphatic carbocycles. The molecule has 1 fully saturated rings. The third-order valence-electron chi connectivity index (χ3n) is 6.47. The van der Waals surface area contributed by atoms with Crippen molar-refractivity contribution in [3.63, 3.8) is 0 Å². The third kappa shape index (κ3) is 5.72. The largest absolute Gasteiger partial charge is 0.507 e. The zero-order valence-corrected chi connectivity index (χ0v) is 21.6. The van der Waals surface area contributed by atoms with E-state index in [-0.39, 0.29) is 17.9 Å². The second-order valence-electron chi connectivity index (χ2n) is 9.23. The lowest BCUT2D eigenvalue weighted by Gasteiger charge is -2.24. The SMILES string of the molecule is CCCOc1cccc(/C(O)=C2\C(=O)C(=O)N(Cc3ccco3)C2c2ccc(OCc3ccccc3)cc2)c1. The van der Waals surface area contributed by atoms with Crippen LogP contribution in [0.2, 0.25) is 0 Å². The van der Waals surface area contributed by atoms with Crippen LogP contribution in [-0.2, 0) is 22.7 Å². The zero-order chi connectivity index (χ0) is 27.2. The van der Waals surface area contributed by atoms with Crippen molar-refractivity contribution < 1.29 is 28.6 Å². The Hall–Kier alpha value is -4.78. The van der Waals surface area contributed by atoms with Crippen molar-refractivity contribution in [2.45, 2.75) is 32.5 Å². The summed E-state index contributed by atoms with van der Waals surface area (Å²) >= 11 is 0. The summed E-state index contributed by atoms with van der Waals surface area (Å²) in [5.41, 5.74) is 2.11. The van der Waals surface area contributed by atoms with Gasteiger partial charge in [0.1, 0.15) is 29.6 Å². The molecule has 0 saturated carbocycles. The molecule has 1 aliphatic heterocycles. The summed E-state index contributed by atoms with van der Waals surface area (Å²) in [6.45, 7) is 3.01. The number of ketones is 1. The summed E-state index contributed by atoms with van der Waals surface area (Å²) in [6.07, 6.45) is 2.35. The van der Waals surface area contributed by atoms with E-state index in [0.717, 1.165) is 12.0 Å². The van der Waals surface area contributed by atoms with Gasteiger partial charge in [-0.25, -0.2) is 0 Å². The van der Waals surface area contributed by atoms with E-state index in [0.29, 0.717) is 41.6 Å². The van der Waals surface area contributed by atoms with E-state index >= 15 is 0 Å². The molecule has 1 unspecified atom stereocenters. The summed E-state index contributed by atoms with van der Waals surface area (Å²) in [4.78, 5) is 28.0. The van der Waals surface area contributed by atoms with Crippen molar-refractivity contribution in [3.8, 4) is 11.5 Å². The van der Waals surface area contributed by atoms with Crippen molar-refractivity contribution in [2.75, 3.05) is 6.61 Å². The van der Waals surface area contributed by atoms with E-state index < -0.39 is 17.7 Å². The average molecular weight is 524 g/mol. The number of aliphatic hydroxyl groups excluding tert-OH is 1. The van der Waals surface area contributed by atoms with Crippen LogP contribution in [0.25, 0.3) is 5.76 Å². The molecule has 3 aromatic carbocycles. The van der Waals surface area contributed by atoms with Crippen LogP contribution in [-0.4, -0.2) is 28.3 Å². The van der Waals surface area contributed by atoms with Crippen LogP contribution in [0.3, 0.4) is 0 Å². The molecular formula is C32H29NO6. The number of nitrogens with zero attached hydrogens (tertiary/aromatic N) is 1. The molecule has 0 bridgehead atoms. The van der Waals surface area contributed by atoms with Crippen LogP contribution in [0.1, 0.15) is 41.8 Å². The fourth-order valence-electron chi connectivity index (χ4n) is 4.56. The van der Waals surface area contributed by atoms with Crippen molar-refractivity contribution in [3.05, 3.63) is 125 Å². The number of ether oxygens (including phenoxy) is 2. The number of rotatable bonds is 10. The number of carbonyl (C=O) groups is 2. The predicted molar refractivity (Wildman–Crippen MR) is 146 cm³/mol. The number of benzene rings is 3. The number of amides is 1. The van der Waals surface area contributed by atoms with E-state index in [1.807, 2.05) is 37.3 Å². The maximum atomic E-state index is 13.3. The minimum atomic E-state index is -0.821. The molecule has 4 aromatic rings. The fourth-order valence-corrected chi connectivity index (χ4v) is 4.56. The normalized spacial score (nSPS) is 16.4. The van der Waals surface area contributed by atoms with E-state index in [1.54, 1.807) is 60.7 Å². The van der Waals surface area contributed by atoms with Gasteiger partial charge in [-0.1, -0.05) is 61.5 Å². The van der Waals surface area contributed by atoms with Crippen molar-refractivity contribution >= 4 is 17.4 Å². The number of hydrogen-bond donors (Lipinski definition) is 1. The highest BCUT2D eigenvalue weighted by Gasteiger charge is 2.46. The zero-order valence-electron chi connectivity index (χ0n) is 21.6. The Morgan fingerprint density at radius 2 is 1.69 bits per heavy atom. The Kier molecular flexibility index (Phi) is 7.78. The molecule has 5 rings (SSSR count). The predicted octanol–water partition coefficient (Wildman–Crippen LogP) is 6.27. The molecule has 198 valence electrons. The molecule has 0 spiro atoms. The van der Waals surface area contributed by atoms with Gasteiger partial charge in [-0.3, -0.25) is 9.59 Å². The Bertz CT molecular complexity index is 1460. The lowest BCUT2D eigenvalue weighted by molar-refractivity contribution is -0.140. The lowest BCUT2D eigenvalue weighted by Crippen LogP contribution is -2.29. The highest BCUT2D eigenvalue weighted by Crippen LogP contribution is 2.41. The van der Waals surface area contributed by atoms with Gasteiger partial charge in [0.05, 0.1) is 31.0 Å². The van der Waals surface area contributed by atoms with Crippen LogP contribution in [0.5, 0.6) is 11.5 Å². The Morgan fingerprint density at radius 1 is 0.897 bits per heavy atom. The first kappa shape index (κ1) is 25.9. The van der Waals surface area contributed by atoms with Gasteiger partial charge in [0.15, 0.2) is 0 Å². The van der Waals surface area contributed by atoms with Crippen LogP contribution in [0.4, 0.5) is 0 Å². The van der Waals surface area contributed by atoms with Gasteiger partial charge in [0.2, 0.25) is 0 Å². The molecule has 1 amide bonds. The van der Waals surface area contributed by atoms with Gasteiger partial charge >= 0.3 is 0 Å². The first-order valence-corrected chi connectivity index (χ1v) is 12.9. The minimum Gasteiger partial charge on any atom is -0.507 e. The first-order valence-electron chi connectivity index (χ1n) is 12.9. The van der Waals surface area contributed by atoms with Crippen LogP contribution in [0, 0.1) is 0 Å². The van der Waals surface area contributed by atoms with Crippen molar-refractivity contribution in [1.29, 1.82) is 0 Å². The quantitative estimate of drug-likeness (QED) is 0.150. The summed E-state index contributed by atoms with van der Waals surface area (Å²) in [5, 5.41) is 11.4. The van der Waals surface area contributed by atoms with E-state index in [9.17, 15) is 14.7 Å². The number of furan rings is 1. The number of likely N-dealkylation sites (tertiary alicyclic amines) is 1. The molecule has 7 heteroatoms. The van der Waals surface area contributed by atoms with Crippen LogP contribution >= 0.6 is 0 Å². The summed E-state index contributed by atoms with van der Waals surface area (Å²) in [5.74, 6) is 0.0222. The molecule has 0 radical (unpaired) electrons. The number of aliphatic hydroxyl groups is 1. The van der Waals surface area contributed by atoms with Gasteiger partial charge in [0, 0.05) is 5.56 Å². The fraction of sp³-hybridized carbons (Fsp3) is 0.188. The molecular weight excluding hydrogens is 494 g/mol. The van der Waals surface area contributed by atoms with Crippen LogP contribution < -0.4 is 9.47 Å². The molecule has 1 aromatic heterocycles. The average Bonchev–Trinajstić information content (AvgIpc) is 3.58. The van der Waals surface area contributed by atoms with E-state index in [1.165, 1.54) is 11.2 Å². The Balaban J connectivity index is 1.50. The van der Waals surface area contributed by atoms with E-state index in [2.05, 4.69) is 0 Å². The summed E-state index contributed by atoms with van der Waals surface area (Å²) < 4.78 is 17.1. The van der Waals surface area contributed by atoms with Gasteiger partial charge in [-0.15, -0.1) is 0 Å². The highest BCUT2D eigenvalue weighted by molar-refractivity contribution is 6.46. The maximum absolute atomic E-state index is 13.3. The van der Waals surface area contributed by atoms with Gasteiger partial charge in [-0.2, -0.15) is 0 Å². The second kappa shape index (κ2) is 11.7. The second-order valence-corrected chi connectivity index (χ2v) is 9.23. The standard InChI is InChI=1S/C32H29NO6/c1-2-17-37-26-11-6-10-24(19-26)30(34)28-29(33(32(36)31(28)35)20-27-12-7-18-38-27)23-13-15-25(16-14-23)39-21-22-8-4-3-5-9-22/h3-16,18-19,29,34H,2,17,20-21H2,1H3/b30-28+. The van der Waals surface area contributed by atoms with Crippen molar-refractivity contribution in [2.24, 2.45) is 0 Å². The van der Waals surface area contributed by atoms with E-state index in [4.69, 9.17) is 13.9 Å². The molecule has 39 heavy (non-hydrogen) atoms. The lowest BCUT2D eigenvalue weighted by atomic mass is 9.95. The minimum absolute atomic E-state index is 0.0113. The molecule has 1 saturated heterocycles. The molecule has 1 aliphatic rings. The third-order valence-corrected chi connectivity index (χ3v) is 6.47. The van der Waals surface area contributed by atoms with Gasteiger partial charge in [0.25, 0.3) is 11.7 Å². The molecule has 1 atom stereocenters. The summed E-state index contributed by atoms with van der Waals surface area (Å²) in [6, 6.07) is 26.6. The first-order chi connectivity index (χ1) is 19.0. The molecule has 1 N–H and O–H groups in total.